The fourth-order valence-electron chi connectivity index (χ4n) is 0.872. The fourth-order valence-corrected chi connectivity index (χ4v) is 1.56. The quantitative estimate of drug-likeness (QED) is 0.672. The Labute approximate surface area is 77.8 Å². The van der Waals surface area contributed by atoms with Gasteiger partial charge in [0.1, 0.15) is 10.4 Å². The maximum absolute atomic E-state index is 10.9. The number of fused-ring (bicyclic) bond motifs is 1. The Kier molecular flexibility index (Phi) is 1.74. The van der Waals surface area contributed by atoms with E-state index in [1.54, 1.807) is 0 Å². The van der Waals surface area contributed by atoms with Crippen molar-refractivity contribution in [3.63, 3.8) is 0 Å². The molecular weight excluding hydrogens is 216 g/mol. The molecule has 0 radical (unpaired) electrons. The molecule has 7 heteroatoms. The molecule has 0 aromatic carbocycles. The lowest BCUT2D eigenvalue weighted by molar-refractivity contribution is 0.590. The van der Waals surface area contributed by atoms with Crippen molar-refractivity contribution in [2.75, 3.05) is 0 Å². The number of nitrogens with zero attached hydrogens (tertiary/aromatic N) is 2. The number of rotatable bonds is 1. The summed E-state index contributed by atoms with van der Waals surface area (Å²) in [4.78, 5) is 7.37. The smallest absolute Gasteiger partial charge is 0.262 e. The minimum Gasteiger partial charge on any atom is -0.425 e. The molecule has 0 saturated carbocycles. The molecule has 0 N–H and O–H groups in total. The molecular formula is C6H3ClN2O3S. The summed E-state index contributed by atoms with van der Waals surface area (Å²) >= 11 is 0. The molecule has 0 aliphatic heterocycles. The highest BCUT2D eigenvalue weighted by atomic mass is 35.7. The predicted octanol–water partition coefficient (Wildman–Crippen LogP) is 1.15. The Bertz CT molecular complexity index is 548. The summed E-state index contributed by atoms with van der Waals surface area (Å²) in [5.74, 6) is 0. The van der Waals surface area contributed by atoms with Gasteiger partial charge in [-0.2, -0.15) is 0 Å². The Hall–Kier alpha value is -1.14. The average Bonchev–Trinajstić information content (AvgIpc) is 2.47. The first-order chi connectivity index (χ1) is 6.07. The zero-order valence-corrected chi connectivity index (χ0v) is 7.71. The van der Waals surface area contributed by atoms with Crippen LogP contribution in [0.5, 0.6) is 0 Å². The molecule has 2 aromatic heterocycles. The highest BCUT2D eigenvalue weighted by Gasteiger charge is 2.12. The van der Waals surface area contributed by atoms with Crippen molar-refractivity contribution in [1.29, 1.82) is 0 Å². The van der Waals surface area contributed by atoms with Gasteiger partial charge in [-0.05, 0) is 6.07 Å². The zero-order valence-electron chi connectivity index (χ0n) is 6.14. The van der Waals surface area contributed by atoms with E-state index in [1.165, 1.54) is 12.5 Å². The van der Waals surface area contributed by atoms with Gasteiger partial charge in [0.15, 0.2) is 6.39 Å². The number of aromatic nitrogens is 2. The zero-order chi connectivity index (χ0) is 9.47. The van der Waals surface area contributed by atoms with Gasteiger partial charge in [0, 0.05) is 10.7 Å². The summed E-state index contributed by atoms with van der Waals surface area (Å²) in [6, 6.07) is 1.30. The van der Waals surface area contributed by atoms with E-state index in [1.807, 2.05) is 0 Å². The van der Waals surface area contributed by atoms with Crippen LogP contribution in [-0.4, -0.2) is 18.4 Å². The molecule has 0 bridgehead atoms. The van der Waals surface area contributed by atoms with E-state index >= 15 is 0 Å². The molecule has 0 aliphatic carbocycles. The molecule has 0 aliphatic rings. The normalized spacial score (nSPS) is 12.1. The lowest BCUT2D eigenvalue weighted by atomic mass is 10.4. The van der Waals surface area contributed by atoms with E-state index < -0.39 is 9.05 Å². The number of pyridine rings is 1. The Balaban J connectivity index is 2.75. The van der Waals surface area contributed by atoms with Crippen LogP contribution in [0.2, 0.25) is 0 Å². The SMILES string of the molecule is O=S(=O)(Cl)c1cnc2ocnc2c1. The minimum absolute atomic E-state index is 0.0874. The first kappa shape index (κ1) is 8.46. The molecule has 0 unspecified atom stereocenters. The van der Waals surface area contributed by atoms with Crippen LogP contribution < -0.4 is 0 Å². The maximum Gasteiger partial charge on any atom is 0.262 e. The molecule has 0 atom stereocenters. The van der Waals surface area contributed by atoms with Crippen molar-refractivity contribution in [2.24, 2.45) is 0 Å². The van der Waals surface area contributed by atoms with E-state index in [4.69, 9.17) is 15.1 Å². The van der Waals surface area contributed by atoms with Crippen LogP contribution in [0.15, 0.2) is 28.0 Å². The Morgan fingerprint density at radius 2 is 2.15 bits per heavy atom. The molecule has 0 saturated heterocycles. The van der Waals surface area contributed by atoms with Crippen LogP contribution in [0.25, 0.3) is 11.2 Å². The number of hydrogen-bond donors (Lipinski definition) is 0. The summed E-state index contributed by atoms with van der Waals surface area (Å²) in [6.45, 7) is 0. The van der Waals surface area contributed by atoms with Crippen LogP contribution in [-0.2, 0) is 9.05 Å². The van der Waals surface area contributed by atoms with E-state index in [0.717, 1.165) is 6.20 Å². The second kappa shape index (κ2) is 2.68. The number of oxazole rings is 1. The summed E-state index contributed by atoms with van der Waals surface area (Å²) in [5.41, 5.74) is 0.644. The van der Waals surface area contributed by atoms with Crippen LogP contribution in [0.1, 0.15) is 0 Å². The van der Waals surface area contributed by atoms with Gasteiger partial charge >= 0.3 is 0 Å². The van der Waals surface area contributed by atoms with Crippen molar-refractivity contribution >= 4 is 31.0 Å². The summed E-state index contributed by atoms with van der Waals surface area (Å²) in [5, 5.41) is 0. The van der Waals surface area contributed by atoms with Gasteiger partial charge in [0.25, 0.3) is 9.05 Å². The first-order valence-corrected chi connectivity index (χ1v) is 5.52. The van der Waals surface area contributed by atoms with Gasteiger partial charge in [0.05, 0.1) is 6.20 Å². The number of hydrogen-bond acceptors (Lipinski definition) is 5. The second-order valence-corrected chi connectivity index (χ2v) is 4.85. The van der Waals surface area contributed by atoms with Gasteiger partial charge in [-0.1, -0.05) is 0 Å². The van der Waals surface area contributed by atoms with Gasteiger partial charge in [0.2, 0.25) is 5.71 Å². The summed E-state index contributed by atoms with van der Waals surface area (Å²) < 4.78 is 26.6. The van der Waals surface area contributed by atoms with Crippen molar-refractivity contribution in [3.8, 4) is 0 Å². The van der Waals surface area contributed by atoms with E-state index in [9.17, 15) is 8.42 Å². The number of halogens is 1. The van der Waals surface area contributed by atoms with Gasteiger partial charge in [-0.15, -0.1) is 0 Å². The third-order valence-electron chi connectivity index (χ3n) is 1.44. The van der Waals surface area contributed by atoms with Crippen LogP contribution in [0, 0.1) is 0 Å². The topological polar surface area (TPSA) is 73.1 Å². The average molecular weight is 219 g/mol. The van der Waals surface area contributed by atoms with Crippen molar-refractivity contribution < 1.29 is 12.8 Å². The Morgan fingerprint density at radius 3 is 2.85 bits per heavy atom. The monoisotopic (exact) mass is 218 g/mol. The standard InChI is InChI=1S/C6H3ClN2O3S/c7-13(10,11)4-1-5-6(8-2-4)12-3-9-5/h1-3H. The van der Waals surface area contributed by atoms with Gasteiger partial charge in [-0.3, -0.25) is 0 Å². The van der Waals surface area contributed by atoms with Crippen molar-refractivity contribution in [1.82, 2.24) is 9.97 Å². The fraction of sp³-hybridized carbons (Fsp3) is 0. The minimum atomic E-state index is -3.74. The predicted molar refractivity (Wildman–Crippen MR) is 44.8 cm³/mol. The van der Waals surface area contributed by atoms with Gasteiger partial charge in [-0.25, -0.2) is 18.4 Å². The van der Waals surface area contributed by atoms with Gasteiger partial charge < -0.3 is 4.42 Å². The summed E-state index contributed by atoms with van der Waals surface area (Å²) in [7, 11) is 1.36. The maximum atomic E-state index is 10.9. The van der Waals surface area contributed by atoms with E-state index in [-0.39, 0.29) is 10.6 Å². The molecule has 0 amide bonds. The van der Waals surface area contributed by atoms with Crippen molar-refractivity contribution in [2.45, 2.75) is 4.90 Å². The third kappa shape index (κ3) is 1.50. The highest BCUT2D eigenvalue weighted by Crippen LogP contribution is 2.17. The molecule has 2 rings (SSSR count). The second-order valence-electron chi connectivity index (χ2n) is 2.29. The van der Waals surface area contributed by atoms with Crippen LogP contribution in [0.3, 0.4) is 0 Å². The molecule has 68 valence electrons. The lowest BCUT2D eigenvalue weighted by Gasteiger charge is -1.92. The lowest BCUT2D eigenvalue weighted by Crippen LogP contribution is -1.91. The van der Waals surface area contributed by atoms with E-state index in [2.05, 4.69) is 9.97 Å². The third-order valence-corrected chi connectivity index (χ3v) is 2.77. The largest absolute Gasteiger partial charge is 0.425 e. The first-order valence-electron chi connectivity index (χ1n) is 3.21. The molecule has 0 spiro atoms. The molecule has 0 fully saturated rings. The molecule has 2 aromatic rings. The molecule has 13 heavy (non-hydrogen) atoms. The van der Waals surface area contributed by atoms with E-state index in [0.29, 0.717) is 5.52 Å². The van der Waals surface area contributed by atoms with Crippen LogP contribution >= 0.6 is 10.7 Å². The molecule has 2 heterocycles. The van der Waals surface area contributed by atoms with Crippen LogP contribution in [0.4, 0.5) is 0 Å². The highest BCUT2D eigenvalue weighted by molar-refractivity contribution is 8.13. The summed E-state index contributed by atoms with van der Waals surface area (Å²) in [6.07, 6.45) is 2.30. The Morgan fingerprint density at radius 1 is 1.38 bits per heavy atom. The van der Waals surface area contributed by atoms with Crippen molar-refractivity contribution in [3.05, 3.63) is 18.7 Å². The molecule has 5 nitrogen and oxygen atoms in total.